The van der Waals surface area contributed by atoms with E-state index in [2.05, 4.69) is 20.3 Å². The van der Waals surface area contributed by atoms with Crippen LogP contribution in [-0.4, -0.2) is 27.0 Å². The van der Waals surface area contributed by atoms with Gasteiger partial charge in [0.1, 0.15) is 6.10 Å². The van der Waals surface area contributed by atoms with E-state index in [0.29, 0.717) is 12.4 Å². The highest BCUT2D eigenvalue weighted by atomic mass is 16.5. The summed E-state index contributed by atoms with van der Waals surface area (Å²) in [5.74, 6) is 0.385. The van der Waals surface area contributed by atoms with Crippen LogP contribution in [0.15, 0.2) is 30.7 Å². The average molecular weight is 313 g/mol. The third kappa shape index (κ3) is 3.94. The molecular weight excluding hydrogens is 294 g/mol. The molecule has 23 heavy (non-hydrogen) atoms. The fourth-order valence-electron chi connectivity index (χ4n) is 2.55. The molecule has 0 saturated heterocycles. The third-order valence-corrected chi connectivity index (χ3v) is 3.78. The Kier molecular flexibility index (Phi) is 4.65. The molecule has 7 nitrogen and oxygen atoms in total. The van der Waals surface area contributed by atoms with Crippen molar-refractivity contribution >= 4 is 11.7 Å². The van der Waals surface area contributed by atoms with E-state index in [9.17, 15) is 4.79 Å². The van der Waals surface area contributed by atoms with Crippen molar-refractivity contribution in [1.29, 1.82) is 0 Å². The Hall–Kier alpha value is -2.70. The number of amides is 1. The molecule has 7 heteroatoms. The van der Waals surface area contributed by atoms with Crippen LogP contribution >= 0.6 is 0 Å². The fraction of sp³-hybridized carbons (Fsp3) is 0.375. The summed E-state index contributed by atoms with van der Waals surface area (Å²) in [7, 11) is 0. The minimum atomic E-state index is -0.359. The number of carbonyl (C=O) groups excluding carboxylic acids is 1. The molecule has 0 radical (unpaired) electrons. The summed E-state index contributed by atoms with van der Waals surface area (Å²) in [4.78, 5) is 24.0. The molecule has 1 fully saturated rings. The van der Waals surface area contributed by atoms with Crippen molar-refractivity contribution in [3.63, 3.8) is 0 Å². The Morgan fingerprint density at radius 1 is 1.22 bits per heavy atom. The monoisotopic (exact) mass is 313 g/mol. The van der Waals surface area contributed by atoms with E-state index in [1.54, 1.807) is 6.20 Å². The van der Waals surface area contributed by atoms with Crippen molar-refractivity contribution in [2.45, 2.75) is 38.3 Å². The lowest BCUT2D eigenvalue weighted by molar-refractivity contribution is 0.0946. The highest BCUT2D eigenvalue weighted by Gasteiger charge is 2.17. The van der Waals surface area contributed by atoms with Gasteiger partial charge >= 0.3 is 0 Å². The molecule has 2 aromatic heterocycles. The molecular formula is C16H19N5O2. The van der Waals surface area contributed by atoms with Crippen LogP contribution in [0.25, 0.3) is 0 Å². The van der Waals surface area contributed by atoms with Gasteiger partial charge < -0.3 is 15.8 Å². The molecule has 1 amide bonds. The van der Waals surface area contributed by atoms with Gasteiger partial charge in [-0.25, -0.2) is 15.0 Å². The molecule has 0 spiro atoms. The maximum atomic E-state index is 12.0. The number of anilines is 1. The minimum absolute atomic E-state index is 0.114. The summed E-state index contributed by atoms with van der Waals surface area (Å²) in [6, 6.07) is 3.72. The van der Waals surface area contributed by atoms with E-state index < -0.39 is 0 Å². The van der Waals surface area contributed by atoms with Gasteiger partial charge in [-0.3, -0.25) is 4.79 Å². The van der Waals surface area contributed by atoms with Crippen LogP contribution in [0, 0.1) is 0 Å². The molecule has 0 bridgehead atoms. The Labute approximate surface area is 134 Å². The first-order chi connectivity index (χ1) is 11.2. The number of nitrogens with zero attached hydrogens (tertiary/aromatic N) is 3. The normalized spacial score (nSPS) is 14.6. The zero-order valence-corrected chi connectivity index (χ0v) is 12.7. The number of nitrogens with two attached hydrogens (primary N) is 1. The van der Waals surface area contributed by atoms with E-state index >= 15 is 0 Å². The number of nitrogens with one attached hydrogen (secondary N) is 1. The van der Waals surface area contributed by atoms with Gasteiger partial charge in [0.25, 0.3) is 5.91 Å². The standard InChI is InChI=1S/C16H19N5O2/c17-15-14(18-7-8-19-15)16(22)21-10-11-5-6-13(20-9-11)23-12-3-1-2-4-12/h5-9,12H,1-4,10H2,(H2,17,19)(H,21,22). The second-order valence-electron chi connectivity index (χ2n) is 5.50. The van der Waals surface area contributed by atoms with Gasteiger partial charge in [0, 0.05) is 31.2 Å². The number of rotatable bonds is 5. The van der Waals surface area contributed by atoms with Gasteiger partial charge in [0.05, 0.1) is 0 Å². The van der Waals surface area contributed by atoms with E-state index in [1.807, 2.05) is 12.1 Å². The third-order valence-electron chi connectivity index (χ3n) is 3.78. The molecule has 0 aromatic carbocycles. The van der Waals surface area contributed by atoms with Crippen molar-refractivity contribution in [2.75, 3.05) is 5.73 Å². The zero-order chi connectivity index (χ0) is 16.1. The van der Waals surface area contributed by atoms with Crippen molar-refractivity contribution in [1.82, 2.24) is 20.3 Å². The lowest BCUT2D eigenvalue weighted by Gasteiger charge is -2.12. The number of aromatic nitrogens is 3. The molecule has 1 aliphatic rings. The van der Waals surface area contributed by atoms with Crippen molar-refractivity contribution in [3.05, 3.63) is 42.0 Å². The van der Waals surface area contributed by atoms with E-state index in [0.717, 1.165) is 18.4 Å². The van der Waals surface area contributed by atoms with Gasteiger partial charge in [0.15, 0.2) is 11.5 Å². The van der Waals surface area contributed by atoms with Gasteiger partial charge in [0.2, 0.25) is 5.88 Å². The van der Waals surface area contributed by atoms with E-state index in [4.69, 9.17) is 10.5 Å². The van der Waals surface area contributed by atoms with Crippen LogP contribution in [0.1, 0.15) is 41.7 Å². The molecule has 1 saturated carbocycles. The van der Waals surface area contributed by atoms with Crippen LogP contribution in [0.4, 0.5) is 5.82 Å². The highest BCUT2D eigenvalue weighted by molar-refractivity contribution is 5.96. The first-order valence-corrected chi connectivity index (χ1v) is 7.68. The molecule has 2 heterocycles. The minimum Gasteiger partial charge on any atom is -0.474 e. The first kappa shape index (κ1) is 15.2. The quantitative estimate of drug-likeness (QED) is 0.871. The molecule has 2 aromatic rings. The summed E-state index contributed by atoms with van der Waals surface area (Å²) in [5.41, 5.74) is 6.63. The SMILES string of the molecule is Nc1nccnc1C(=O)NCc1ccc(OC2CCCC2)nc1. The van der Waals surface area contributed by atoms with Gasteiger partial charge in [-0.05, 0) is 31.2 Å². The first-order valence-electron chi connectivity index (χ1n) is 7.68. The number of carbonyl (C=O) groups is 1. The maximum absolute atomic E-state index is 12.0. The summed E-state index contributed by atoms with van der Waals surface area (Å²) >= 11 is 0. The Bertz CT molecular complexity index is 668. The highest BCUT2D eigenvalue weighted by Crippen LogP contribution is 2.22. The van der Waals surface area contributed by atoms with Crippen molar-refractivity contribution in [3.8, 4) is 5.88 Å². The molecule has 3 rings (SSSR count). The lowest BCUT2D eigenvalue weighted by atomic mass is 10.2. The fourth-order valence-corrected chi connectivity index (χ4v) is 2.55. The van der Waals surface area contributed by atoms with Crippen LogP contribution in [0.5, 0.6) is 5.88 Å². The van der Waals surface area contributed by atoms with E-state index in [1.165, 1.54) is 25.2 Å². The number of ether oxygens (including phenoxy) is 1. The van der Waals surface area contributed by atoms with Crippen LogP contribution in [-0.2, 0) is 6.54 Å². The number of pyridine rings is 1. The van der Waals surface area contributed by atoms with Gasteiger partial charge in [-0.15, -0.1) is 0 Å². The van der Waals surface area contributed by atoms with Crippen LogP contribution in [0.2, 0.25) is 0 Å². The predicted molar refractivity (Wildman–Crippen MR) is 84.7 cm³/mol. The van der Waals surface area contributed by atoms with Gasteiger partial charge in [-0.1, -0.05) is 6.07 Å². The topological polar surface area (TPSA) is 103 Å². The number of nitrogen functional groups attached to an aromatic ring is 1. The molecule has 0 atom stereocenters. The summed E-state index contributed by atoms with van der Waals surface area (Å²) in [5, 5.41) is 2.75. The van der Waals surface area contributed by atoms with Gasteiger partial charge in [-0.2, -0.15) is 0 Å². The number of hydrogen-bond donors (Lipinski definition) is 2. The molecule has 1 aliphatic carbocycles. The van der Waals surface area contributed by atoms with Crippen molar-refractivity contribution < 1.29 is 9.53 Å². The molecule has 120 valence electrons. The Balaban J connectivity index is 1.54. The van der Waals surface area contributed by atoms with Crippen LogP contribution in [0.3, 0.4) is 0 Å². The molecule has 0 aliphatic heterocycles. The smallest absolute Gasteiger partial charge is 0.273 e. The predicted octanol–water partition coefficient (Wildman–Crippen LogP) is 1.71. The van der Waals surface area contributed by atoms with Crippen molar-refractivity contribution in [2.24, 2.45) is 0 Å². The summed E-state index contributed by atoms with van der Waals surface area (Å²) < 4.78 is 5.81. The Morgan fingerprint density at radius 3 is 2.70 bits per heavy atom. The molecule has 3 N–H and O–H groups in total. The zero-order valence-electron chi connectivity index (χ0n) is 12.7. The summed E-state index contributed by atoms with van der Waals surface area (Å²) in [6.07, 6.45) is 9.50. The largest absolute Gasteiger partial charge is 0.474 e. The molecule has 0 unspecified atom stereocenters. The maximum Gasteiger partial charge on any atom is 0.273 e. The average Bonchev–Trinajstić information content (AvgIpc) is 3.07. The Morgan fingerprint density at radius 2 is 2.00 bits per heavy atom. The number of hydrogen-bond acceptors (Lipinski definition) is 6. The second kappa shape index (κ2) is 7.04. The lowest BCUT2D eigenvalue weighted by Crippen LogP contribution is -2.25. The van der Waals surface area contributed by atoms with E-state index in [-0.39, 0.29) is 23.5 Å². The summed E-state index contributed by atoms with van der Waals surface area (Å²) in [6.45, 7) is 0.339. The van der Waals surface area contributed by atoms with Crippen LogP contribution < -0.4 is 15.8 Å². The second-order valence-corrected chi connectivity index (χ2v) is 5.50.